The Morgan fingerprint density at radius 3 is 2.15 bits per heavy atom. The van der Waals surface area contributed by atoms with Gasteiger partial charge in [-0.1, -0.05) is 18.2 Å². The van der Waals surface area contributed by atoms with Gasteiger partial charge in [0.25, 0.3) is 5.91 Å². The minimum atomic E-state index is -0.199. The lowest BCUT2D eigenvalue weighted by atomic mass is 10.2. The van der Waals surface area contributed by atoms with E-state index in [0.29, 0.717) is 29.3 Å². The predicted octanol–water partition coefficient (Wildman–Crippen LogP) is 5.05. The number of hydrogen-bond donors (Lipinski definition) is 3. The summed E-state index contributed by atoms with van der Waals surface area (Å²) in [6, 6.07) is 27.1. The van der Waals surface area contributed by atoms with Crippen LogP contribution in [0.5, 0.6) is 11.5 Å². The number of ether oxygens (including phenoxy) is 1. The maximum absolute atomic E-state index is 12.3. The molecule has 1 aromatic heterocycles. The van der Waals surface area contributed by atoms with Crippen LogP contribution in [-0.2, 0) is 11.3 Å². The maximum Gasteiger partial charge on any atom is 0.251 e. The van der Waals surface area contributed by atoms with Crippen LogP contribution in [0, 0.1) is 0 Å². The van der Waals surface area contributed by atoms with Crippen LogP contribution in [0.2, 0.25) is 0 Å². The quantitative estimate of drug-likeness (QED) is 0.338. The second-order valence-electron chi connectivity index (χ2n) is 7.18. The zero-order valence-corrected chi connectivity index (χ0v) is 17.8. The van der Waals surface area contributed by atoms with Crippen LogP contribution >= 0.6 is 0 Å². The van der Waals surface area contributed by atoms with Crippen molar-refractivity contribution in [2.24, 2.45) is 0 Å². The first kappa shape index (κ1) is 21.7. The molecule has 4 rings (SSSR count). The van der Waals surface area contributed by atoms with Crippen molar-refractivity contribution in [2.45, 2.75) is 6.54 Å². The topological polar surface area (TPSA) is 92.6 Å². The summed E-state index contributed by atoms with van der Waals surface area (Å²) in [7, 11) is 0. The minimum Gasteiger partial charge on any atom is -0.467 e. The Morgan fingerprint density at radius 2 is 1.45 bits per heavy atom. The van der Waals surface area contributed by atoms with Gasteiger partial charge in [-0.05, 0) is 72.8 Å². The minimum absolute atomic E-state index is 0.0896. The SMILES string of the molecule is O=C(CNc1ccc(C(=O)NCc2ccco2)cc1)Nc1ccc(Oc2ccccc2)cc1. The van der Waals surface area contributed by atoms with Crippen molar-refractivity contribution in [3.05, 3.63) is 109 Å². The molecule has 0 aliphatic carbocycles. The average Bonchev–Trinajstić information content (AvgIpc) is 3.37. The molecule has 166 valence electrons. The molecule has 0 bridgehead atoms. The number of para-hydroxylation sites is 1. The van der Waals surface area contributed by atoms with E-state index in [1.54, 1.807) is 66.9 Å². The van der Waals surface area contributed by atoms with E-state index in [9.17, 15) is 9.59 Å². The molecular formula is C26H23N3O4. The van der Waals surface area contributed by atoms with Crippen LogP contribution in [0.15, 0.2) is 102 Å². The van der Waals surface area contributed by atoms with Gasteiger partial charge < -0.3 is 25.1 Å². The highest BCUT2D eigenvalue weighted by Crippen LogP contribution is 2.22. The van der Waals surface area contributed by atoms with E-state index in [4.69, 9.17) is 9.15 Å². The number of carbonyl (C=O) groups excluding carboxylic acids is 2. The molecule has 7 heteroatoms. The molecule has 1 heterocycles. The van der Waals surface area contributed by atoms with Crippen molar-refractivity contribution >= 4 is 23.2 Å². The molecule has 2 amide bonds. The average molecular weight is 441 g/mol. The van der Waals surface area contributed by atoms with Crippen molar-refractivity contribution in [1.29, 1.82) is 0 Å². The molecule has 0 atom stereocenters. The third-order valence-electron chi connectivity index (χ3n) is 4.72. The largest absolute Gasteiger partial charge is 0.467 e. The lowest BCUT2D eigenvalue weighted by molar-refractivity contribution is -0.114. The number of hydrogen-bond acceptors (Lipinski definition) is 5. The summed E-state index contributed by atoms with van der Waals surface area (Å²) in [6.45, 7) is 0.414. The van der Waals surface area contributed by atoms with Gasteiger partial charge in [0.2, 0.25) is 5.91 Å². The van der Waals surface area contributed by atoms with Crippen molar-refractivity contribution < 1.29 is 18.7 Å². The Bertz CT molecular complexity index is 1170. The van der Waals surface area contributed by atoms with E-state index < -0.39 is 0 Å². The fraction of sp³-hybridized carbons (Fsp3) is 0.0769. The van der Waals surface area contributed by atoms with Crippen LogP contribution in [0.4, 0.5) is 11.4 Å². The first-order chi connectivity index (χ1) is 16.2. The fourth-order valence-electron chi connectivity index (χ4n) is 3.04. The highest BCUT2D eigenvalue weighted by atomic mass is 16.5. The van der Waals surface area contributed by atoms with Gasteiger partial charge in [0.15, 0.2) is 0 Å². The van der Waals surface area contributed by atoms with Gasteiger partial charge in [-0.15, -0.1) is 0 Å². The van der Waals surface area contributed by atoms with Crippen LogP contribution < -0.4 is 20.7 Å². The third kappa shape index (κ3) is 6.48. The van der Waals surface area contributed by atoms with Crippen LogP contribution in [0.3, 0.4) is 0 Å². The first-order valence-corrected chi connectivity index (χ1v) is 10.4. The molecule has 33 heavy (non-hydrogen) atoms. The molecule has 0 saturated heterocycles. The molecule has 4 aromatic rings. The molecule has 0 unspecified atom stereocenters. The molecule has 7 nitrogen and oxygen atoms in total. The fourth-order valence-corrected chi connectivity index (χ4v) is 3.04. The Hall–Kier alpha value is -4.52. The van der Waals surface area contributed by atoms with Gasteiger partial charge in [0, 0.05) is 16.9 Å². The highest BCUT2D eigenvalue weighted by Gasteiger charge is 2.07. The van der Waals surface area contributed by atoms with Gasteiger partial charge in [-0.25, -0.2) is 0 Å². The van der Waals surface area contributed by atoms with E-state index in [1.165, 1.54) is 0 Å². The number of amides is 2. The summed E-state index contributed by atoms with van der Waals surface area (Å²) in [5.41, 5.74) is 1.93. The van der Waals surface area contributed by atoms with E-state index in [1.807, 2.05) is 30.3 Å². The van der Waals surface area contributed by atoms with Crippen molar-refractivity contribution in [1.82, 2.24) is 5.32 Å². The third-order valence-corrected chi connectivity index (χ3v) is 4.72. The summed E-state index contributed by atoms with van der Waals surface area (Å²) in [4.78, 5) is 24.5. The first-order valence-electron chi connectivity index (χ1n) is 10.4. The lowest BCUT2D eigenvalue weighted by Gasteiger charge is -2.10. The molecule has 0 spiro atoms. The summed E-state index contributed by atoms with van der Waals surface area (Å²) >= 11 is 0. The maximum atomic E-state index is 12.3. The second kappa shape index (κ2) is 10.7. The van der Waals surface area contributed by atoms with Gasteiger partial charge in [0.05, 0.1) is 19.4 Å². The van der Waals surface area contributed by atoms with Gasteiger partial charge in [-0.2, -0.15) is 0 Å². The lowest BCUT2D eigenvalue weighted by Crippen LogP contribution is -2.23. The number of anilines is 2. The molecule has 0 fully saturated rings. The zero-order chi connectivity index (χ0) is 22.9. The standard InChI is InChI=1S/C26H23N3O4/c30-25(29-21-12-14-23(15-13-21)33-22-5-2-1-3-6-22)18-27-20-10-8-19(9-11-20)26(31)28-17-24-7-4-16-32-24/h1-16,27H,17-18H2,(H,28,31)(H,29,30). The number of benzene rings is 3. The van der Waals surface area contributed by atoms with Gasteiger partial charge in [-0.3, -0.25) is 9.59 Å². The number of carbonyl (C=O) groups is 2. The van der Waals surface area contributed by atoms with Crippen molar-refractivity contribution in [2.75, 3.05) is 17.2 Å². The number of furan rings is 1. The molecule has 0 aliphatic heterocycles. The molecule has 3 N–H and O–H groups in total. The van der Waals surface area contributed by atoms with E-state index >= 15 is 0 Å². The smallest absolute Gasteiger partial charge is 0.251 e. The molecular weight excluding hydrogens is 418 g/mol. The monoisotopic (exact) mass is 441 g/mol. The Kier molecular flexibility index (Phi) is 7.02. The van der Waals surface area contributed by atoms with Crippen LogP contribution in [-0.4, -0.2) is 18.4 Å². The van der Waals surface area contributed by atoms with Crippen molar-refractivity contribution in [3.63, 3.8) is 0 Å². The summed E-state index contributed by atoms with van der Waals surface area (Å²) in [6.07, 6.45) is 1.56. The summed E-state index contributed by atoms with van der Waals surface area (Å²) < 4.78 is 10.9. The van der Waals surface area contributed by atoms with Gasteiger partial charge >= 0.3 is 0 Å². The second-order valence-corrected chi connectivity index (χ2v) is 7.18. The summed E-state index contributed by atoms with van der Waals surface area (Å²) in [5, 5.41) is 8.67. The highest BCUT2D eigenvalue weighted by molar-refractivity contribution is 5.95. The van der Waals surface area contributed by atoms with Crippen molar-refractivity contribution in [3.8, 4) is 11.5 Å². The zero-order valence-electron chi connectivity index (χ0n) is 17.8. The summed E-state index contributed by atoms with van der Waals surface area (Å²) in [5.74, 6) is 1.73. The Balaban J connectivity index is 1.22. The molecule has 0 saturated carbocycles. The molecule has 3 aromatic carbocycles. The number of rotatable bonds is 9. The number of nitrogens with one attached hydrogen (secondary N) is 3. The van der Waals surface area contributed by atoms with Crippen LogP contribution in [0.1, 0.15) is 16.1 Å². The molecule has 0 radical (unpaired) electrons. The van der Waals surface area contributed by atoms with E-state index in [-0.39, 0.29) is 18.4 Å². The van der Waals surface area contributed by atoms with Crippen LogP contribution in [0.25, 0.3) is 0 Å². The normalized spacial score (nSPS) is 10.3. The molecule has 0 aliphatic rings. The van der Waals surface area contributed by atoms with E-state index in [0.717, 1.165) is 11.4 Å². The van der Waals surface area contributed by atoms with E-state index in [2.05, 4.69) is 16.0 Å². The Morgan fingerprint density at radius 1 is 0.758 bits per heavy atom. The predicted molar refractivity (Wildman–Crippen MR) is 126 cm³/mol. The Labute approximate surface area is 191 Å². The van der Waals surface area contributed by atoms with Gasteiger partial charge in [0.1, 0.15) is 17.3 Å².